The zero-order valence-corrected chi connectivity index (χ0v) is 11.0. The van der Waals surface area contributed by atoms with Gasteiger partial charge in [-0.2, -0.15) is 0 Å². The summed E-state index contributed by atoms with van der Waals surface area (Å²) < 4.78 is 18.8. The van der Waals surface area contributed by atoms with Crippen LogP contribution in [0.4, 0.5) is 4.39 Å². The van der Waals surface area contributed by atoms with Crippen molar-refractivity contribution in [1.82, 2.24) is 4.98 Å². The van der Waals surface area contributed by atoms with Crippen LogP contribution in [-0.2, 0) is 6.42 Å². The summed E-state index contributed by atoms with van der Waals surface area (Å²) in [6.07, 6.45) is 1.47. The first-order valence-electron chi connectivity index (χ1n) is 6.50. The molecule has 1 aromatic carbocycles. The Hall–Kier alpha value is -2.20. The average Bonchev–Trinajstić information content (AvgIpc) is 2.89. The molecule has 20 heavy (non-hydrogen) atoms. The number of benzene rings is 1. The summed E-state index contributed by atoms with van der Waals surface area (Å²) in [4.78, 5) is 4.23. The third kappa shape index (κ3) is 2.18. The molecule has 4 heteroatoms. The molecule has 0 fully saturated rings. The van der Waals surface area contributed by atoms with Crippen LogP contribution in [0, 0.1) is 5.82 Å². The lowest BCUT2D eigenvalue weighted by Gasteiger charge is -2.10. The maximum absolute atomic E-state index is 13.2. The lowest BCUT2D eigenvalue weighted by atomic mass is 10.1. The number of aliphatic hydroxyl groups excluding tert-OH is 1. The first-order chi connectivity index (χ1) is 9.69. The van der Waals surface area contributed by atoms with Gasteiger partial charge in [0.25, 0.3) is 0 Å². The first kappa shape index (κ1) is 12.8. The fourth-order valence-electron chi connectivity index (χ4n) is 2.30. The zero-order chi connectivity index (χ0) is 14.1. The second-order valence-electron chi connectivity index (χ2n) is 4.63. The van der Waals surface area contributed by atoms with Crippen molar-refractivity contribution in [2.75, 3.05) is 0 Å². The molecule has 0 aliphatic heterocycles. The maximum atomic E-state index is 13.2. The minimum absolute atomic E-state index is 0.327. The topological polar surface area (TPSA) is 46.3 Å². The van der Waals surface area contributed by atoms with Gasteiger partial charge in [-0.1, -0.05) is 13.0 Å². The van der Waals surface area contributed by atoms with E-state index in [1.54, 1.807) is 18.3 Å². The van der Waals surface area contributed by atoms with Gasteiger partial charge in [-0.25, -0.2) is 4.39 Å². The summed E-state index contributed by atoms with van der Waals surface area (Å²) >= 11 is 0. The number of hydrogen-bond donors (Lipinski definition) is 1. The highest BCUT2D eigenvalue weighted by Gasteiger charge is 2.19. The molecule has 2 heterocycles. The van der Waals surface area contributed by atoms with Crippen molar-refractivity contribution < 1.29 is 13.9 Å². The number of furan rings is 1. The molecule has 0 radical (unpaired) electrons. The van der Waals surface area contributed by atoms with Crippen LogP contribution in [0.15, 0.2) is 47.0 Å². The minimum atomic E-state index is -0.943. The van der Waals surface area contributed by atoms with Crippen LogP contribution in [0.2, 0.25) is 0 Å². The Bertz CT molecular complexity index is 751. The van der Waals surface area contributed by atoms with Gasteiger partial charge in [-0.15, -0.1) is 0 Å². The summed E-state index contributed by atoms with van der Waals surface area (Å²) in [5.74, 6) is 0.0467. The number of hydrogen-bond acceptors (Lipinski definition) is 3. The van der Waals surface area contributed by atoms with Crippen LogP contribution in [0.25, 0.3) is 11.0 Å². The van der Waals surface area contributed by atoms with E-state index in [1.165, 1.54) is 12.1 Å². The molecule has 1 atom stereocenters. The third-order valence-electron chi connectivity index (χ3n) is 3.33. The van der Waals surface area contributed by atoms with Crippen molar-refractivity contribution >= 4 is 11.0 Å². The van der Waals surface area contributed by atoms with E-state index in [2.05, 4.69) is 4.98 Å². The van der Waals surface area contributed by atoms with Gasteiger partial charge in [0.05, 0.1) is 5.69 Å². The molecule has 102 valence electrons. The molecule has 0 bridgehead atoms. The Morgan fingerprint density at radius 3 is 2.95 bits per heavy atom. The van der Waals surface area contributed by atoms with Crippen LogP contribution in [0.5, 0.6) is 0 Å². The van der Waals surface area contributed by atoms with Gasteiger partial charge in [0.15, 0.2) is 6.10 Å². The monoisotopic (exact) mass is 271 g/mol. The molecule has 1 N–H and O–H groups in total. The molecular formula is C16H14FNO2. The highest BCUT2D eigenvalue weighted by atomic mass is 19.1. The maximum Gasteiger partial charge on any atom is 0.154 e. The van der Waals surface area contributed by atoms with Gasteiger partial charge in [-0.05, 0) is 42.3 Å². The molecule has 3 aromatic rings. The van der Waals surface area contributed by atoms with E-state index in [9.17, 15) is 9.50 Å². The lowest BCUT2D eigenvalue weighted by molar-refractivity contribution is 0.186. The number of aryl methyl sites for hydroxylation is 1. The second kappa shape index (κ2) is 5.06. The Kier molecular flexibility index (Phi) is 3.24. The second-order valence-corrected chi connectivity index (χ2v) is 4.63. The smallest absolute Gasteiger partial charge is 0.154 e. The minimum Gasteiger partial charge on any atom is -0.458 e. The summed E-state index contributed by atoms with van der Waals surface area (Å²) in [6.45, 7) is 2.00. The Morgan fingerprint density at radius 2 is 2.15 bits per heavy atom. The molecule has 2 aromatic heterocycles. The van der Waals surface area contributed by atoms with Crippen molar-refractivity contribution in [1.29, 1.82) is 0 Å². The van der Waals surface area contributed by atoms with Crippen molar-refractivity contribution in [3.8, 4) is 0 Å². The van der Waals surface area contributed by atoms with Crippen molar-refractivity contribution in [3.63, 3.8) is 0 Å². The number of aromatic nitrogens is 1. The molecule has 3 rings (SSSR count). The van der Waals surface area contributed by atoms with Crippen LogP contribution < -0.4 is 0 Å². The van der Waals surface area contributed by atoms with E-state index >= 15 is 0 Å². The number of nitrogens with zero attached hydrogens (tertiary/aromatic N) is 1. The summed E-state index contributed by atoms with van der Waals surface area (Å²) in [5.41, 5.74) is 2.09. The van der Waals surface area contributed by atoms with Crippen LogP contribution in [0.3, 0.4) is 0 Å². The fraction of sp³-hybridized carbons (Fsp3) is 0.188. The predicted octanol–water partition coefficient (Wildman–Crippen LogP) is 3.61. The Morgan fingerprint density at radius 1 is 1.30 bits per heavy atom. The Balaban J connectivity index is 2.05. The standard InChI is InChI=1S/C16H14FNO2/c1-2-10-4-3-7-18-15(10)16(19)14-9-11-8-12(17)5-6-13(11)20-14/h3-9,16,19H,2H2,1H3. The molecule has 0 amide bonds. The number of aliphatic hydroxyl groups is 1. The van der Waals surface area contributed by atoms with E-state index in [1.807, 2.05) is 19.1 Å². The van der Waals surface area contributed by atoms with E-state index in [-0.39, 0.29) is 5.82 Å². The number of halogens is 1. The SMILES string of the molecule is CCc1cccnc1C(O)c1cc2cc(F)ccc2o1. The molecule has 0 saturated heterocycles. The van der Waals surface area contributed by atoms with Crippen LogP contribution in [-0.4, -0.2) is 10.1 Å². The molecule has 0 aliphatic rings. The van der Waals surface area contributed by atoms with Crippen LogP contribution in [0.1, 0.15) is 30.0 Å². The van der Waals surface area contributed by atoms with E-state index in [0.717, 1.165) is 12.0 Å². The highest BCUT2D eigenvalue weighted by molar-refractivity contribution is 5.78. The normalized spacial score (nSPS) is 12.8. The summed E-state index contributed by atoms with van der Waals surface area (Å²) in [5, 5.41) is 11.1. The van der Waals surface area contributed by atoms with Gasteiger partial charge in [0, 0.05) is 11.6 Å². The van der Waals surface area contributed by atoms with E-state index < -0.39 is 6.10 Å². The molecule has 0 spiro atoms. The van der Waals surface area contributed by atoms with Gasteiger partial charge >= 0.3 is 0 Å². The molecule has 1 unspecified atom stereocenters. The van der Waals surface area contributed by atoms with E-state index in [4.69, 9.17) is 4.42 Å². The van der Waals surface area contributed by atoms with Gasteiger partial charge < -0.3 is 9.52 Å². The predicted molar refractivity (Wildman–Crippen MR) is 73.8 cm³/mol. The summed E-state index contributed by atoms with van der Waals surface area (Å²) in [6, 6.07) is 9.68. The first-order valence-corrected chi connectivity index (χ1v) is 6.50. The molecule has 3 nitrogen and oxygen atoms in total. The molecule has 0 saturated carbocycles. The van der Waals surface area contributed by atoms with Crippen LogP contribution >= 0.6 is 0 Å². The highest BCUT2D eigenvalue weighted by Crippen LogP contribution is 2.29. The van der Waals surface area contributed by atoms with Crippen molar-refractivity contribution in [2.24, 2.45) is 0 Å². The van der Waals surface area contributed by atoms with Crippen molar-refractivity contribution in [3.05, 3.63) is 65.4 Å². The van der Waals surface area contributed by atoms with Gasteiger partial charge in [-0.3, -0.25) is 4.98 Å². The fourth-order valence-corrected chi connectivity index (χ4v) is 2.30. The number of fused-ring (bicyclic) bond motifs is 1. The number of rotatable bonds is 3. The molecule has 0 aliphatic carbocycles. The largest absolute Gasteiger partial charge is 0.458 e. The third-order valence-corrected chi connectivity index (χ3v) is 3.33. The average molecular weight is 271 g/mol. The van der Waals surface area contributed by atoms with Gasteiger partial charge in [0.1, 0.15) is 17.2 Å². The number of pyridine rings is 1. The lowest BCUT2D eigenvalue weighted by Crippen LogP contribution is -2.04. The quantitative estimate of drug-likeness (QED) is 0.791. The summed E-state index contributed by atoms with van der Waals surface area (Å²) in [7, 11) is 0. The van der Waals surface area contributed by atoms with E-state index in [0.29, 0.717) is 22.4 Å². The zero-order valence-electron chi connectivity index (χ0n) is 11.0. The van der Waals surface area contributed by atoms with Gasteiger partial charge in [0.2, 0.25) is 0 Å². The Labute approximate surface area is 115 Å². The van der Waals surface area contributed by atoms with Crippen molar-refractivity contribution in [2.45, 2.75) is 19.4 Å². The molecular weight excluding hydrogens is 257 g/mol.